The number of imide groups is 1. The number of piperidine rings is 4. The first-order chi connectivity index (χ1) is 29.4. The Morgan fingerprint density at radius 3 is 2.33 bits per heavy atom. The molecule has 10 rings (SSSR count). The van der Waals surface area contributed by atoms with Gasteiger partial charge in [-0.2, -0.15) is 0 Å². The first-order valence-electron chi connectivity index (χ1n) is 22.8. The quantitative estimate of drug-likeness (QED) is 0.195. The number of carbonyl (C=O) groups is 3. The molecule has 0 saturated carbocycles. The largest absolute Gasteiger partial charge is 0.371 e. The smallest absolute Gasteiger partial charge is 0.255 e. The summed E-state index contributed by atoms with van der Waals surface area (Å²) in [5.74, 6) is 0.707. The van der Waals surface area contributed by atoms with E-state index in [1.54, 1.807) is 18.7 Å². The van der Waals surface area contributed by atoms with Crippen LogP contribution < -0.4 is 15.1 Å². The zero-order valence-electron chi connectivity index (χ0n) is 36.0. The number of rotatable bonds is 8. The van der Waals surface area contributed by atoms with E-state index in [0.29, 0.717) is 36.4 Å². The summed E-state index contributed by atoms with van der Waals surface area (Å²) >= 11 is 0. The first-order valence-corrected chi connectivity index (χ1v) is 22.8. The van der Waals surface area contributed by atoms with E-state index in [-0.39, 0.29) is 36.2 Å². The third-order valence-electron chi connectivity index (χ3n) is 15.1. The SMILES string of the molecule is C[C@@H]1Cc2c([nH]c3ccccc23)[C@@H](c2cnc(N3CCC(CN4CCC5(CC4)CCN(c4ccc6c(c4)CN([C@H]4CCC(=O)NC4=O)C6=O)CC5)CC3)nc2)N1CC(C)(C)F. The number of hydrogen-bond acceptors (Lipinski definition) is 9. The zero-order chi connectivity index (χ0) is 42.0. The normalized spacial score (nSPS) is 25.3. The number of benzene rings is 2. The molecule has 3 amide bonds. The minimum Gasteiger partial charge on any atom is -0.371 e. The number of amides is 3. The summed E-state index contributed by atoms with van der Waals surface area (Å²) in [7, 11) is 0. The second kappa shape index (κ2) is 15.8. The number of anilines is 2. The van der Waals surface area contributed by atoms with E-state index in [2.05, 4.69) is 73.2 Å². The minimum absolute atomic E-state index is 0.117. The minimum atomic E-state index is -1.34. The summed E-state index contributed by atoms with van der Waals surface area (Å²) in [6, 6.07) is 14.0. The van der Waals surface area contributed by atoms with Crippen molar-refractivity contribution in [2.45, 2.75) is 109 Å². The van der Waals surface area contributed by atoms with Crippen molar-refractivity contribution >= 4 is 40.3 Å². The van der Waals surface area contributed by atoms with Crippen LogP contribution >= 0.6 is 0 Å². The molecule has 0 unspecified atom stereocenters. The molecule has 4 fully saturated rings. The number of nitrogens with zero attached hydrogens (tertiary/aromatic N) is 7. The van der Waals surface area contributed by atoms with Gasteiger partial charge in [-0.05, 0) is 132 Å². The average Bonchev–Trinajstić information content (AvgIpc) is 3.78. The molecule has 0 radical (unpaired) electrons. The fourth-order valence-electron chi connectivity index (χ4n) is 11.6. The highest BCUT2D eigenvalue weighted by atomic mass is 19.1. The van der Waals surface area contributed by atoms with Crippen LogP contribution in [0.4, 0.5) is 16.0 Å². The molecule has 4 saturated heterocycles. The molecule has 2 N–H and O–H groups in total. The standard InChI is InChI=1S/C48H60FN9O3/c1-31-24-38-37-6-4-5-7-39(37)52-42(38)43(58(31)30-47(2,3)49)34-26-50-46(51-27-34)56-18-12-32(13-19-56)28-54-20-14-48(15-21-54)16-22-55(23-17-48)35-8-9-36-33(25-35)29-57(45(36)61)40-10-11-41(59)53-44(40)60/h4-9,25-27,31-32,40,43,52H,10-24,28-30H2,1-3H3,(H,53,59,60)/t31-,40+,43-/m1/s1. The Morgan fingerprint density at radius 2 is 1.61 bits per heavy atom. The van der Waals surface area contributed by atoms with Gasteiger partial charge < -0.3 is 24.6 Å². The number of fused-ring (bicyclic) bond motifs is 4. The molecule has 12 nitrogen and oxygen atoms in total. The summed E-state index contributed by atoms with van der Waals surface area (Å²) in [5, 5.41) is 3.64. The second-order valence-electron chi connectivity index (χ2n) is 19.7. The lowest BCUT2D eigenvalue weighted by atomic mass is 9.71. The van der Waals surface area contributed by atoms with Gasteiger partial charge in [0, 0.05) is 104 Å². The molecule has 8 heterocycles. The maximum absolute atomic E-state index is 15.2. The Hall–Kier alpha value is -4.88. The number of para-hydroxylation sites is 1. The van der Waals surface area contributed by atoms with Crippen LogP contribution in [0.3, 0.4) is 0 Å². The molecule has 1 spiro atoms. The predicted octanol–water partition coefficient (Wildman–Crippen LogP) is 6.40. The van der Waals surface area contributed by atoms with Crippen LogP contribution in [0.25, 0.3) is 10.9 Å². The van der Waals surface area contributed by atoms with Gasteiger partial charge in [0.1, 0.15) is 11.7 Å². The Labute approximate surface area is 358 Å². The summed E-state index contributed by atoms with van der Waals surface area (Å²) in [6.45, 7) is 13.7. The van der Waals surface area contributed by atoms with Crippen LogP contribution in [-0.4, -0.2) is 117 Å². The van der Waals surface area contributed by atoms with Gasteiger partial charge in [0.15, 0.2) is 0 Å². The van der Waals surface area contributed by atoms with Crippen molar-refractivity contribution in [2.75, 3.05) is 62.2 Å². The van der Waals surface area contributed by atoms with Gasteiger partial charge in [-0.1, -0.05) is 18.2 Å². The van der Waals surface area contributed by atoms with E-state index in [0.717, 1.165) is 99.0 Å². The first kappa shape index (κ1) is 40.2. The van der Waals surface area contributed by atoms with Crippen molar-refractivity contribution in [3.8, 4) is 0 Å². The Bertz CT molecular complexity index is 2300. The molecular formula is C48H60FN9O3. The van der Waals surface area contributed by atoms with E-state index in [4.69, 9.17) is 9.97 Å². The molecule has 322 valence electrons. The number of likely N-dealkylation sites (tertiary alicyclic amines) is 1. The highest BCUT2D eigenvalue weighted by molar-refractivity contribution is 6.05. The van der Waals surface area contributed by atoms with Crippen molar-refractivity contribution in [1.82, 2.24) is 35.0 Å². The van der Waals surface area contributed by atoms with Gasteiger partial charge >= 0.3 is 0 Å². The number of aromatic nitrogens is 3. The number of nitrogens with one attached hydrogen (secondary N) is 2. The van der Waals surface area contributed by atoms with E-state index < -0.39 is 11.7 Å². The number of H-pyrrole nitrogens is 1. The van der Waals surface area contributed by atoms with Crippen LogP contribution in [0.2, 0.25) is 0 Å². The lowest BCUT2D eigenvalue weighted by Crippen LogP contribution is -2.52. The Balaban J connectivity index is 0.707. The molecule has 4 aromatic rings. The maximum atomic E-state index is 15.2. The number of alkyl halides is 1. The maximum Gasteiger partial charge on any atom is 0.255 e. The highest BCUT2D eigenvalue weighted by Crippen LogP contribution is 2.44. The molecule has 6 aliphatic heterocycles. The van der Waals surface area contributed by atoms with Gasteiger partial charge in [-0.25, -0.2) is 14.4 Å². The Morgan fingerprint density at radius 1 is 0.885 bits per heavy atom. The van der Waals surface area contributed by atoms with Crippen LogP contribution in [0.5, 0.6) is 0 Å². The van der Waals surface area contributed by atoms with Crippen LogP contribution in [0, 0.1) is 11.3 Å². The molecule has 13 heteroatoms. The molecule has 61 heavy (non-hydrogen) atoms. The fraction of sp³-hybridized carbons (Fsp3) is 0.562. The van der Waals surface area contributed by atoms with Crippen LogP contribution in [-0.2, 0) is 22.6 Å². The number of carbonyl (C=O) groups excluding carboxylic acids is 3. The van der Waals surface area contributed by atoms with Crippen molar-refractivity contribution in [2.24, 2.45) is 11.3 Å². The summed E-state index contributed by atoms with van der Waals surface area (Å²) in [5.41, 5.74) is 6.43. The Kier molecular flexibility index (Phi) is 10.4. The molecule has 2 aromatic heterocycles. The fourth-order valence-corrected chi connectivity index (χ4v) is 11.6. The van der Waals surface area contributed by atoms with Crippen LogP contribution in [0.15, 0.2) is 54.9 Å². The number of aromatic amines is 1. The zero-order valence-corrected chi connectivity index (χ0v) is 36.0. The van der Waals surface area contributed by atoms with Gasteiger partial charge in [0.05, 0.1) is 6.04 Å². The van der Waals surface area contributed by atoms with E-state index in [9.17, 15) is 14.4 Å². The van der Waals surface area contributed by atoms with E-state index in [1.165, 1.54) is 36.6 Å². The predicted molar refractivity (Wildman–Crippen MR) is 234 cm³/mol. The van der Waals surface area contributed by atoms with Crippen molar-refractivity contribution in [1.29, 1.82) is 0 Å². The van der Waals surface area contributed by atoms with E-state index in [1.807, 2.05) is 18.5 Å². The third kappa shape index (κ3) is 7.81. The average molecular weight is 830 g/mol. The van der Waals surface area contributed by atoms with Crippen molar-refractivity contribution in [3.63, 3.8) is 0 Å². The summed E-state index contributed by atoms with van der Waals surface area (Å²) in [6.07, 6.45) is 12.6. The topological polar surface area (TPSA) is 121 Å². The highest BCUT2D eigenvalue weighted by Gasteiger charge is 2.42. The van der Waals surface area contributed by atoms with Gasteiger partial charge in [-0.3, -0.25) is 24.6 Å². The summed E-state index contributed by atoms with van der Waals surface area (Å²) in [4.78, 5) is 62.4. The third-order valence-corrected chi connectivity index (χ3v) is 15.1. The molecule has 3 atom stereocenters. The van der Waals surface area contributed by atoms with Crippen molar-refractivity contribution in [3.05, 3.63) is 82.8 Å². The van der Waals surface area contributed by atoms with Crippen molar-refractivity contribution < 1.29 is 18.8 Å². The molecule has 0 bridgehead atoms. The van der Waals surface area contributed by atoms with Crippen LogP contribution in [0.1, 0.15) is 111 Å². The number of hydrogen-bond donors (Lipinski definition) is 2. The number of halogens is 1. The second-order valence-corrected chi connectivity index (χ2v) is 19.7. The molecular weight excluding hydrogens is 770 g/mol. The van der Waals surface area contributed by atoms with Gasteiger partial charge in [-0.15, -0.1) is 0 Å². The van der Waals surface area contributed by atoms with Gasteiger partial charge in [0.2, 0.25) is 17.8 Å². The van der Waals surface area contributed by atoms with E-state index >= 15 is 4.39 Å². The lowest BCUT2D eigenvalue weighted by Gasteiger charge is -2.48. The molecule has 6 aliphatic rings. The molecule has 2 aromatic carbocycles. The van der Waals surface area contributed by atoms with Gasteiger partial charge in [0.25, 0.3) is 5.91 Å². The molecule has 0 aliphatic carbocycles. The summed E-state index contributed by atoms with van der Waals surface area (Å²) < 4.78 is 15.2. The lowest BCUT2D eigenvalue weighted by molar-refractivity contribution is -0.136. The monoisotopic (exact) mass is 829 g/mol.